The van der Waals surface area contributed by atoms with Crippen molar-refractivity contribution in [2.75, 3.05) is 65.7 Å². The molecule has 0 spiro atoms. The molecule has 0 radical (unpaired) electrons. The Bertz CT molecular complexity index is 238. The van der Waals surface area contributed by atoms with Crippen LogP contribution < -0.4 is 10.2 Å². The van der Waals surface area contributed by atoms with E-state index < -0.39 is 0 Å². The van der Waals surface area contributed by atoms with Gasteiger partial charge in [0.15, 0.2) is 0 Å². The third-order valence-corrected chi connectivity index (χ3v) is 3.25. The van der Waals surface area contributed by atoms with Crippen molar-refractivity contribution in [2.45, 2.75) is 0 Å². The van der Waals surface area contributed by atoms with Crippen molar-refractivity contribution >= 4 is 6.03 Å². The zero-order valence-corrected chi connectivity index (χ0v) is 10.2. The van der Waals surface area contributed by atoms with E-state index in [1.165, 1.54) is 4.90 Å². The van der Waals surface area contributed by atoms with Crippen molar-refractivity contribution in [2.24, 2.45) is 0 Å². The molecule has 0 saturated carbocycles. The van der Waals surface area contributed by atoms with Gasteiger partial charge in [0.25, 0.3) is 0 Å². The number of quaternary nitrogens is 1. The number of morpholine rings is 2. The Kier molecular flexibility index (Phi) is 5.03. The van der Waals surface area contributed by atoms with E-state index in [-0.39, 0.29) is 6.03 Å². The van der Waals surface area contributed by atoms with Gasteiger partial charge in [0.05, 0.1) is 39.5 Å². The summed E-state index contributed by atoms with van der Waals surface area (Å²) in [6, 6.07) is 0.0426. The molecule has 6 heteroatoms. The van der Waals surface area contributed by atoms with Gasteiger partial charge in [-0.25, -0.2) is 4.79 Å². The highest BCUT2D eigenvalue weighted by Gasteiger charge is 2.17. The molecule has 2 heterocycles. The van der Waals surface area contributed by atoms with Crippen LogP contribution in [-0.2, 0) is 9.47 Å². The predicted octanol–water partition coefficient (Wildman–Crippen LogP) is -2.06. The van der Waals surface area contributed by atoms with Crippen molar-refractivity contribution in [1.29, 1.82) is 0 Å². The number of ether oxygens (including phenoxy) is 2. The summed E-state index contributed by atoms with van der Waals surface area (Å²) in [5.74, 6) is 0. The second-order valence-electron chi connectivity index (χ2n) is 4.44. The summed E-state index contributed by atoms with van der Waals surface area (Å²) in [5, 5.41) is 2.97. The number of carbonyl (C=O) groups is 1. The molecule has 0 aromatic heterocycles. The minimum absolute atomic E-state index is 0.0426. The maximum absolute atomic E-state index is 11.8. The van der Waals surface area contributed by atoms with Crippen molar-refractivity contribution in [3.63, 3.8) is 0 Å². The summed E-state index contributed by atoms with van der Waals surface area (Å²) in [4.78, 5) is 15.1. The van der Waals surface area contributed by atoms with E-state index in [0.717, 1.165) is 39.4 Å². The molecule has 2 rings (SSSR count). The highest BCUT2D eigenvalue weighted by Crippen LogP contribution is 1.96. The highest BCUT2D eigenvalue weighted by atomic mass is 16.5. The lowest BCUT2D eigenvalue weighted by atomic mass is 10.4. The first-order valence-electron chi connectivity index (χ1n) is 6.38. The molecule has 0 aromatic carbocycles. The molecule has 0 unspecified atom stereocenters. The van der Waals surface area contributed by atoms with Gasteiger partial charge in [-0.1, -0.05) is 0 Å². The van der Waals surface area contributed by atoms with Crippen molar-refractivity contribution < 1.29 is 19.2 Å². The topological polar surface area (TPSA) is 55.2 Å². The summed E-state index contributed by atoms with van der Waals surface area (Å²) >= 11 is 0. The van der Waals surface area contributed by atoms with Crippen LogP contribution in [0.3, 0.4) is 0 Å². The minimum Gasteiger partial charge on any atom is -0.378 e. The van der Waals surface area contributed by atoms with Gasteiger partial charge in [0.1, 0.15) is 13.1 Å². The molecule has 6 nitrogen and oxygen atoms in total. The zero-order chi connectivity index (χ0) is 11.9. The molecule has 2 fully saturated rings. The van der Waals surface area contributed by atoms with E-state index in [1.54, 1.807) is 0 Å². The lowest BCUT2D eigenvalue weighted by molar-refractivity contribution is -0.906. The summed E-state index contributed by atoms with van der Waals surface area (Å²) in [6.07, 6.45) is 0. The Morgan fingerprint density at radius 2 is 1.76 bits per heavy atom. The molecule has 2 aliphatic rings. The normalized spacial score (nSPS) is 22.5. The lowest BCUT2D eigenvalue weighted by Crippen LogP contribution is -3.14. The molecule has 0 aliphatic carbocycles. The van der Waals surface area contributed by atoms with Crippen LogP contribution in [0.4, 0.5) is 4.79 Å². The number of amides is 2. The van der Waals surface area contributed by atoms with Crippen LogP contribution in [0.1, 0.15) is 0 Å². The van der Waals surface area contributed by atoms with Crippen LogP contribution in [-0.4, -0.2) is 76.6 Å². The van der Waals surface area contributed by atoms with Crippen LogP contribution in [0, 0.1) is 0 Å². The van der Waals surface area contributed by atoms with Crippen molar-refractivity contribution in [3.05, 3.63) is 0 Å². The van der Waals surface area contributed by atoms with Gasteiger partial charge in [0, 0.05) is 13.1 Å². The first kappa shape index (κ1) is 12.6. The standard InChI is InChI=1S/C11H21N3O3/c15-11(14-5-9-17-10-6-14)12-1-2-13-3-7-16-8-4-13/h1-10H2,(H,12,15)/p+1. The average molecular weight is 244 g/mol. The Labute approximate surface area is 102 Å². The summed E-state index contributed by atoms with van der Waals surface area (Å²) in [6.45, 7) is 8.22. The second-order valence-corrected chi connectivity index (χ2v) is 4.44. The van der Waals surface area contributed by atoms with E-state index >= 15 is 0 Å². The first-order valence-corrected chi connectivity index (χ1v) is 6.38. The molecule has 0 atom stereocenters. The molecule has 2 amide bonds. The van der Waals surface area contributed by atoms with Crippen LogP contribution in [0.5, 0.6) is 0 Å². The Morgan fingerprint density at radius 3 is 2.47 bits per heavy atom. The number of hydrogen-bond donors (Lipinski definition) is 2. The van der Waals surface area contributed by atoms with Crippen molar-refractivity contribution in [3.8, 4) is 0 Å². The molecular weight excluding hydrogens is 222 g/mol. The quantitative estimate of drug-likeness (QED) is 0.600. The van der Waals surface area contributed by atoms with Gasteiger partial charge >= 0.3 is 6.03 Å². The Balaban J connectivity index is 1.58. The SMILES string of the molecule is O=C(NCC[NH+]1CCOCC1)N1CCOCC1. The monoisotopic (exact) mass is 244 g/mol. The van der Waals surface area contributed by atoms with Gasteiger partial charge < -0.3 is 24.6 Å². The maximum atomic E-state index is 11.8. The van der Waals surface area contributed by atoms with Gasteiger partial charge in [-0.15, -0.1) is 0 Å². The van der Waals surface area contributed by atoms with Gasteiger partial charge in [-0.2, -0.15) is 0 Å². The number of rotatable bonds is 3. The highest BCUT2D eigenvalue weighted by molar-refractivity contribution is 5.74. The molecule has 0 aromatic rings. The number of urea groups is 1. The van der Waals surface area contributed by atoms with E-state index in [1.807, 2.05) is 4.90 Å². The average Bonchev–Trinajstić information content (AvgIpc) is 2.41. The fraction of sp³-hybridized carbons (Fsp3) is 0.909. The Morgan fingerprint density at radius 1 is 1.12 bits per heavy atom. The zero-order valence-electron chi connectivity index (χ0n) is 10.2. The third-order valence-electron chi connectivity index (χ3n) is 3.25. The molecule has 2 aliphatic heterocycles. The molecule has 17 heavy (non-hydrogen) atoms. The molecule has 98 valence electrons. The number of hydrogen-bond acceptors (Lipinski definition) is 3. The second kappa shape index (κ2) is 6.78. The Hall–Kier alpha value is -0.850. The van der Waals surface area contributed by atoms with E-state index in [4.69, 9.17) is 9.47 Å². The van der Waals surface area contributed by atoms with Crippen LogP contribution in [0.25, 0.3) is 0 Å². The lowest BCUT2D eigenvalue weighted by Gasteiger charge is -2.28. The fourth-order valence-corrected chi connectivity index (χ4v) is 2.13. The van der Waals surface area contributed by atoms with Gasteiger partial charge in [-0.05, 0) is 0 Å². The summed E-state index contributed by atoms with van der Waals surface area (Å²) < 4.78 is 10.5. The van der Waals surface area contributed by atoms with Gasteiger partial charge in [0.2, 0.25) is 0 Å². The van der Waals surface area contributed by atoms with E-state index in [0.29, 0.717) is 26.3 Å². The maximum Gasteiger partial charge on any atom is 0.317 e. The fourth-order valence-electron chi connectivity index (χ4n) is 2.13. The minimum atomic E-state index is 0.0426. The van der Waals surface area contributed by atoms with Crippen LogP contribution in [0.15, 0.2) is 0 Å². The van der Waals surface area contributed by atoms with Crippen LogP contribution >= 0.6 is 0 Å². The van der Waals surface area contributed by atoms with Crippen LogP contribution in [0.2, 0.25) is 0 Å². The van der Waals surface area contributed by atoms with Crippen molar-refractivity contribution in [1.82, 2.24) is 10.2 Å². The predicted molar refractivity (Wildman–Crippen MR) is 62.2 cm³/mol. The molecule has 0 bridgehead atoms. The molecule has 2 saturated heterocycles. The number of carbonyl (C=O) groups excluding carboxylic acids is 1. The number of nitrogens with zero attached hydrogens (tertiary/aromatic N) is 1. The molecule has 2 N–H and O–H groups in total. The third kappa shape index (κ3) is 4.14. The smallest absolute Gasteiger partial charge is 0.317 e. The first-order chi connectivity index (χ1) is 8.36. The van der Waals surface area contributed by atoms with Gasteiger partial charge in [-0.3, -0.25) is 0 Å². The largest absolute Gasteiger partial charge is 0.378 e. The number of nitrogens with one attached hydrogen (secondary N) is 2. The van der Waals surface area contributed by atoms with E-state index in [2.05, 4.69) is 5.32 Å². The molecular formula is C11H22N3O3+. The summed E-state index contributed by atoms with van der Waals surface area (Å²) in [7, 11) is 0. The summed E-state index contributed by atoms with van der Waals surface area (Å²) in [5.41, 5.74) is 0. The van der Waals surface area contributed by atoms with E-state index in [9.17, 15) is 4.79 Å².